The summed E-state index contributed by atoms with van der Waals surface area (Å²) in [5.41, 5.74) is 0.273. The van der Waals surface area contributed by atoms with Gasteiger partial charge in [0.05, 0.1) is 12.2 Å². The predicted octanol–water partition coefficient (Wildman–Crippen LogP) is 0.609. The molecule has 0 aromatic heterocycles. The summed E-state index contributed by atoms with van der Waals surface area (Å²) in [5, 5.41) is 2.76. The highest BCUT2D eigenvalue weighted by Gasteiger charge is 2.37. The molecular weight excluding hydrogens is 261 g/mol. The summed E-state index contributed by atoms with van der Waals surface area (Å²) in [7, 11) is 3.28. The molecule has 5 nitrogen and oxygen atoms in total. The van der Waals surface area contributed by atoms with E-state index >= 15 is 0 Å². The van der Waals surface area contributed by atoms with Gasteiger partial charge in [-0.15, -0.1) is 0 Å². The fraction of sp³-hybridized carbons (Fsp3) is 0.429. The number of likely N-dealkylation sites (N-methyl/N-ethyl adjacent to an activating group) is 2. The molecule has 1 N–H and O–H groups in total. The van der Waals surface area contributed by atoms with Gasteiger partial charge in [-0.25, -0.2) is 4.39 Å². The van der Waals surface area contributed by atoms with E-state index in [1.807, 2.05) is 0 Å². The molecule has 0 saturated carbocycles. The van der Waals surface area contributed by atoms with Gasteiger partial charge in [0.25, 0.3) is 0 Å². The van der Waals surface area contributed by atoms with E-state index in [0.717, 1.165) is 0 Å². The normalized spacial score (nSPS) is 18.4. The molecule has 2 amide bonds. The zero-order valence-electron chi connectivity index (χ0n) is 11.6. The fourth-order valence-electron chi connectivity index (χ4n) is 2.38. The topological polar surface area (TPSA) is 52.7 Å². The second-order valence-electron chi connectivity index (χ2n) is 4.78. The molecule has 20 heavy (non-hydrogen) atoms. The zero-order chi connectivity index (χ0) is 14.7. The lowest BCUT2D eigenvalue weighted by Gasteiger charge is -2.24. The highest BCUT2D eigenvalue weighted by atomic mass is 19.1. The van der Waals surface area contributed by atoms with Gasteiger partial charge in [-0.2, -0.15) is 0 Å². The van der Waals surface area contributed by atoms with E-state index in [9.17, 15) is 14.0 Å². The molecule has 1 aromatic rings. The molecule has 1 fully saturated rings. The highest BCUT2D eigenvalue weighted by Crippen LogP contribution is 2.26. The number of nitrogens with one attached hydrogen (secondary N) is 1. The second kappa shape index (κ2) is 6.00. The van der Waals surface area contributed by atoms with Crippen LogP contribution in [0.15, 0.2) is 24.3 Å². The minimum Gasteiger partial charge on any atom is -0.333 e. The van der Waals surface area contributed by atoms with E-state index in [1.165, 1.54) is 15.9 Å². The summed E-state index contributed by atoms with van der Waals surface area (Å²) in [6, 6.07) is 5.65. The van der Waals surface area contributed by atoms with E-state index < -0.39 is 11.9 Å². The molecule has 0 bridgehead atoms. The number of hydrogen-bond acceptors (Lipinski definition) is 3. The molecule has 1 aliphatic heterocycles. The van der Waals surface area contributed by atoms with Crippen molar-refractivity contribution in [1.29, 1.82) is 0 Å². The maximum Gasteiger partial charge on any atom is 0.249 e. The van der Waals surface area contributed by atoms with Crippen LogP contribution in [0.1, 0.15) is 6.42 Å². The molecule has 0 aliphatic carbocycles. The molecule has 1 aromatic carbocycles. The van der Waals surface area contributed by atoms with Crippen molar-refractivity contribution in [2.24, 2.45) is 0 Å². The Morgan fingerprint density at radius 1 is 1.50 bits per heavy atom. The van der Waals surface area contributed by atoms with Crippen molar-refractivity contribution < 1.29 is 14.0 Å². The largest absolute Gasteiger partial charge is 0.333 e. The van der Waals surface area contributed by atoms with Crippen LogP contribution in [-0.2, 0) is 9.59 Å². The monoisotopic (exact) mass is 279 g/mol. The molecule has 1 unspecified atom stereocenters. The maximum atomic E-state index is 13.7. The van der Waals surface area contributed by atoms with Gasteiger partial charge >= 0.3 is 0 Å². The first-order chi connectivity index (χ1) is 9.56. The van der Waals surface area contributed by atoms with E-state index in [0.29, 0.717) is 13.0 Å². The van der Waals surface area contributed by atoms with Crippen molar-refractivity contribution in [3.63, 3.8) is 0 Å². The van der Waals surface area contributed by atoms with Gasteiger partial charge in [-0.3, -0.25) is 9.59 Å². The summed E-state index contributed by atoms with van der Waals surface area (Å²) >= 11 is 0. The van der Waals surface area contributed by atoms with Gasteiger partial charge in [0.15, 0.2) is 0 Å². The lowest BCUT2D eigenvalue weighted by Crippen LogP contribution is -2.45. The van der Waals surface area contributed by atoms with E-state index in [2.05, 4.69) is 5.32 Å². The van der Waals surface area contributed by atoms with Crippen molar-refractivity contribution >= 4 is 17.5 Å². The predicted molar refractivity (Wildman–Crippen MR) is 73.9 cm³/mol. The number of nitrogens with zero attached hydrogens (tertiary/aromatic N) is 2. The number of anilines is 1. The first kappa shape index (κ1) is 14.5. The first-order valence-corrected chi connectivity index (χ1v) is 6.52. The maximum absolute atomic E-state index is 13.7. The number of halogens is 1. The molecule has 0 radical (unpaired) electrons. The molecule has 2 rings (SSSR count). The molecular formula is C14H18FN3O2. The van der Waals surface area contributed by atoms with Crippen LogP contribution in [0.4, 0.5) is 10.1 Å². The second-order valence-corrected chi connectivity index (χ2v) is 4.78. The van der Waals surface area contributed by atoms with Crippen LogP contribution < -0.4 is 10.2 Å². The van der Waals surface area contributed by atoms with Crippen molar-refractivity contribution in [2.75, 3.05) is 32.1 Å². The van der Waals surface area contributed by atoms with Crippen LogP contribution in [0, 0.1) is 5.82 Å². The van der Waals surface area contributed by atoms with Crippen molar-refractivity contribution in [1.82, 2.24) is 10.2 Å². The van der Waals surface area contributed by atoms with Crippen LogP contribution in [0.3, 0.4) is 0 Å². The molecule has 1 atom stereocenters. The molecule has 1 heterocycles. The third-order valence-corrected chi connectivity index (χ3v) is 3.51. The van der Waals surface area contributed by atoms with Gasteiger partial charge in [0.1, 0.15) is 11.9 Å². The van der Waals surface area contributed by atoms with Crippen molar-refractivity contribution in [3.8, 4) is 0 Å². The minimum atomic E-state index is -0.518. The number of rotatable bonds is 4. The Kier molecular flexibility index (Phi) is 4.34. The standard InChI is InChI=1S/C14H18FN3O2/c1-16-9-13(19)17(2)12-7-8-18(14(12)20)11-6-4-3-5-10(11)15/h3-6,12,16H,7-9H2,1-2H3. The Labute approximate surface area is 117 Å². The first-order valence-electron chi connectivity index (χ1n) is 6.52. The lowest BCUT2D eigenvalue weighted by atomic mass is 10.2. The van der Waals surface area contributed by atoms with Gasteiger partial charge in [-0.1, -0.05) is 12.1 Å². The van der Waals surface area contributed by atoms with Crippen LogP contribution in [0.2, 0.25) is 0 Å². The quantitative estimate of drug-likeness (QED) is 0.878. The summed E-state index contributed by atoms with van der Waals surface area (Å²) in [6.07, 6.45) is 0.513. The number of carbonyl (C=O) groups is 2. The molecule has 6 heteroatoms. The summed E-state index contributed by atoms with van der Waals surface area (Å²) in [4.78, 5) is 27.0. The highest BCUT2D eigenvalue weighted by molar-refractivity contribution is 6.01. The molecule has 0 spiro atoms. The van der Waals surface area contributed by atoms with Crippen LogP contribution in [0.25, 0.3) is 0 Å². The van der Waals surface area contributed by atoms with Gasteiger partial charge in [0, 0.05) is 13.6 Å². The van der Waals surface area contributed by atoms with E-state index in [4.69, 9.17) is 0 Å². The molecule has 1 aliphatic rings. The third-order valence-electron chi connectivity index (χ3n) is 3.51. The Balaban J connectivity index is 2.14. The van der Waals surface area contributed by atoms with Crippen molar-refractivity contribution in [3.05, 3.63) is 30.1 Å². The summed E-state index contributed by atoms with van der Waals surface area (Å²) in [6.45, 7) is 0.599. The number of amides is 2. The number of hydrogen-bond donors (Lipinski definition) is 1. The van der Waals surface area contributed by atoms with Gasteiger partial charge < -0.3 is 15.1 Å². The third kappa shape index (κ3) is 2.65. The van der Waals surface area contributed by atoms with Crippen LogP contribution in [0.5, 0.6) is 0 Å². The Morgan fingerprint density at radius 3 is 2.85 bits per heavy atom. The summed E-state index contributed by atoms with van der Waals surface area (Å²) < 4.78 is 13.7. The average molecular weight is 279 g/mol. The van der Waals surface area contributed by atoms with Gasteiger partial charge in [-0.05, 0) is 25.6 Å². The van der Waals surface area contributed by atoms with E-state index in [-0.39, 0.29) is 24.0 Å². The zero-order valence-corrected chi connectivity index (χ0v) is 11.6. The smallest absolute Gasteiger partial charge is 0.249 e. The van der Waals surface area contributed by atoms with Crippen LogP contribution in [-0.4, -0.2) is 49.9 Å². The minimum absolute atomic E-state index is 0.152. The Hall–Kier alpha value is -1.95. The molecule has 1 saturated heterocycles. The summed E-state index contributed by atoms with van der Waals surface area (Å²) in [5.74, 6) is -0.811. The van der Waals surface area contributed by atoms with Crippen molar-refractivity contribution in [2.45, 2.75) is 12.5 Å². The van der Waals surface area contributed by atoms with E-state index in [1.54, 1.807) is 32.3 Å². The fourth-order valence-corrected chi connectivity index (χ4v) is 2.38. The SMILES string of the molecule is CNCC(=O)N(C)C1CCN(c2ccccc2F)C1=O. The van der Waals surface area contributed by atoms with Gasteiger partial charge in [0.2, 0.25) is 11.8 Å². The number of benzene rings is 1. The number of para-hydroxylation sites is 1. The van der Waals surface area contributed by atoms with Crippen LogP contribution >= 0.6 is 0 Å². The average Bonchev–Trinajstić information content (AvgIpc) is 2.80. The molecule has 108 valence electrons. The Morgan fingerprint density at radius 2 is 2.20 bits per heavy atom. The number of carbonyl (C=O) groups excluding carboxylic acids is 2. The Bertz CT molecular complexity index is 521. The lowest BCUT2D eigenvalue weighted by molar-refractivity contribution is -0.135.